The number of carbonyl (C=O) groups is 1. The summed E-state index contributed by atoms with van der Waals surface area (Å²) in [5.74, 6) is 0.801. The first-order valence-electron chi connectivity index (χ1n) is 6.91. The van der Waals surface area contributed by atoms with Crippen molar-refractivity contribution in [2.45, 2.75) is 6.54 Å². The minimum atomic E-state index is -0.0952. The number of nitrogens with one attached hydrogen (secondary N) is 1. The number of carbonyl (C=O) groups excluding carboxylic acids is 1. The van der Waals surface area contributed by atoms with Gasteiger partial charge in [-0.1, -0.05) is 0 Å². The molecule has 1 fully saturated rings. The number of aromatic nitrogens is 1. The van der Waals surface area contributed by atoms with E-state index in [-0.39, 0.29) is 5.91 Å². The summed E-state index contributed by atoms with van der Waals surface area (Å²) in [6.45, 7) is 3.69. The molecule has 0 atom stereocenters. The zero-order chi connectivity index (χ0) is 14.5. The summed E-state index contributed by atoms with van der Waals surface area (Å²) >= 11 is 1.63. The van der Waals surface area contributed by atoms with Gasteiger partial charge in [-0.25, -0.2) is 4.98 Å². The molecule has 2 aromatic rings. The maximum atomic E-state index is 12.0. The summed E-state index contributed by atoms with van der Waals surface area (Å²) < 4.78 is 5.32. The Hall–Kier alpha value is -1.92. The molecule has 0 radical (unpaired) electrons. The minimum Gasteiger partial charge on any atom is -0.378 e. The monoisotopic (exact) mass is 303 g/mol. The molecule has 21 heavy (non-hydrogen) atoms. The van der Waals surface area contributed by atoms with E-state index in [2.05, 4.69) is 15.2 Å². The lowest BCUT2D eigenvalue weighted by atomic mass is 10.2. The third-order valence-electron chi connectivity index (χ3n) is 3.38. The lowest BCUT2D eigenvalue weighted by molar-refractivity contribution is 0.0950. The molecule has 0 aliphatic carbocycles. The molecule has 3 rings (SSSR count). The van der Waals surface area contributed by atoms with Gasteiger partial charge in [0.2, 0.25) is 0 Å². The van der Waals surface area contributed by atoms with Gasteiger partial charge in [-0.3, -0.25) is 4.79 Å². The van der Waals surface area contributed by atoms with E-state index < -0.39 is 0 Å². The minimum absolute atomic E-state index is 0.0952. The maximum absolute atomic E-state index is 12.0. The highest BCUT2D eigenvalue weighted by Gasteiger charge is 2.13. The predicted molar refractivity (Wildman–Crippen MR) is 82.8 cm³/mol. The zero-order valence-electron chi connectivity index (χ0n) is 11.6. The average molecular weight is 303 g/mol. The van der Waals surface area contributed by atoms with Crippen LogP contribution in [-0.2, 0) is 11.3 Å². The number of nitrogens with zero attached hydrogens (tertiary/aromatic N) is 2. The smallest absolute Gasteiger partial charge is 0.253 e. The van der Waals surface area contributed by atoms with Crippen molar-refractivity contribution >= 4 is 23.1 Å². The van der Waals surface area contributed by atoms with Crippen LogP contribution in [0.2, 0.25) is 0 Å². The second kappa shape index (κ2) is 6.69. The van der Waals surface area contributed by atoms with Crippen LogP contribution in [0.15, 0.2) is 35.2 Å². The number of anilines is 1. The summed E-state index contributed by atoms with van der Waals surface area (Å²) in [7, 11) is 0. The number of pyridine rings is 1. The van der Waals surface area contributed by atoms with Gasteiger partial charge in [0.25, 0.3) is 5.91 Å². The van der Waals surface area contributed by atoms with Crippen LogP contribution in [0.1, 0.15) is 15.9 Å². The Kier molecular flexibility index (Phi) is 4.47. The van der Waals surface area contributed by atoms with E-state index in [9.17, 15) is 4.79 Å². The lowest BCUT2D eigenvalue weighted by Crippen LogP contribution is -2.36. The topological polar surface area (TPSA) is 54.5 Å². The van der Waals surface area contributed by atoms with Crippen molar-refractivity contribution in [1.82, 2.24) is 10.3 Å². The second-order valence-electron chi connectivity index (χ2n) is 4.82. The van der Waals surface area contributed by atoms with E-state index >= 15 is 0 Å². The van der Waals surface area contributed by atoms with Gasteiger partial charge >= 0.3 is 0 Å². The van der Waals surface area contributed by atoms with Crippen LogP contribution < -0.4 is 10.2 Å². The number of morpholine rings is 1. The van der Waals surface area contributed by atoms with Crippen molar-refractivity contribution < 1.29 is 9.53 Å². The molecule has 0 aromatic carbocycles. The van der Waals surface area contributed by atoms with Gasteiger partial charge in [-0.2, -0.15) is 11.3 Å². The number of hydrogen-bond acceptors (Lipinski definition) is 5. The standard InChI is InChI=1S/C15H17N3O2S/c19-15(17-9-12-3-8-21-11-12)13-1-2-14(16-10-13)18-4-6-20-7-5-18/h1-3,8,10-11H,4-7,9H2,(H,17,19). The van der Waals surface area contributed by atoms with Crippen molar-refractivity contribution in [3.63, 3.8) is 0 Å². The van der Waals surface area contributed by atoms with Gasteiger partial charge in [-0.05, 0) is 34.5 Å². The molecule has 1 aliphatic rings. The summed E-state index contributed by atoms with van der Waals surface area (Å²) in [4.78, 5) is 18.6. The first-order chi connectivity index (χ1) is 10.3. The average Bonchev–Trinajstić information content (AvgIpc) is 3.07. The van der Waals surface area contributed by atoms with E-state index in [1.54, 1.807) is 17.5 Å². The Balaban J connectivity index is 1.59. The molecule has 0 bridgehead atoms. The number of ether oxygens (including phenoxy) is 1. The molecule has 1 saturated heterocycles. The van der Waals surface area contributed by atoms with Crippen LogP contribution >= 0.6 is 11.3 Å². The van der Waals surface area contributed by atoms with Crippen LogP contribution in [0.25, 0.3) is 0 Å². The molecule has 3 heterocycles. The molecule has 0 spiro atoms. The van der Waals surface area contributed by atoms with Gasteiger partial charge in [0.05, 0.1) is 18.8 Å². The predicted octanol–water partition coefficient (Wildman–Crippen LogP) is 1.91. The SMILES string of the molecule is O=C(NCc1ccsc1)c1ccc(N2CCOCC2)nc1. The van der Waals surface area contributed by atoms with Gasteiger partial charge in [0, 0.05) is 25.8 Å². The molecular weight excluding hydrogens is 286 g/mol. The van der Waals surface area contributed by atoms with Crippen molar-refractivity contribution in [2.75, 3.05) is 31.2 Å². The Labute approximate surface area is 127 Å². The summed E-state index contributed by atoms with van der Waals surface area (Å²) in [6.07, 6.45) is 1.63. The van der Waals surface area contributed by atoms with E-state index in [1.807, 2.05) is 29.0 Å². The number of amides is 1. The van der Waals surface area contributed by atoms with Crippen LogP contribution in [0.3, 0.4) is 0 Å². The maximum Gasteiger partial charge on any atom is 0.253 e. The van der Waals surface area contributed by atoms with Gasteiger partial charge in [0.1, 0.15) is 5.82 Å². The Bertz CT molecular complexity index is 577. The molecule has 6 heteroatoms. The van der Waals surface area contributed by atoms with E-state index in [0.29, 0.717) is 12.1 Å². The highest BCUT2D eigenvalue weighted by molar-refractivity contribution is 7.07. The Morgan fingerprint density at radius 1 is 1.33 bits per heavy atom. The number of hydrogen-bond donors (Lipinski definition) is 1. The molecule has 110 valence electrons. The van der Waals surface area contributed by atoms with Gasteiger partial charge in [0.15, 0.2) is 0 Å². The van der Waals surface area contributed by atoms with Crippen molar-refractivity contribution in [2.24, 2.45) is 0 Å². The van der Waals surface area contributed by atoms with Crippen molar-refractivity contribution in [3.8, 4) is 0 Å². The quantitative estimate of drug-likeness (QED) is 0.937. The molecule has 1 aliphatic heterocycles. The van der Waals surface area contributed by atoms with Crippen LogP contribution in [0.5, 0.6) is 0 Å². The fraction of sp³-hybridized carbons (Fsp3) is 0.333. The first kappa shape index (κ1) is 14.0. The fourth-order valence-electron chi connectivity index (χ4n) is 2.18. The van der Waals surface area contributed by atoms with Gasteiger partial charge < -0.3 is 15.0 Å². The third kappa shape index (κ3) is 3.59. The van der Waals surface area contributed by atoms with E-state index in [0.717, 1.165) is 37.7 Å². The molecule has 1 N–H and O–H groups in total. The van der Waals surface area contributed by atoms with Crippen molar-refractivity contribution in [3.05, 3.63) is 46.3 Å². The Morgan fingerprint density at radius 3 is 2.86 bits per heavy atom. The fourth-order valence-corrected chi connectivity index (χ4v) is 2.85. The molecule has 0 unspecified atom stereocenters. The van der Waals surface area contributed by atoms with E-state index in [4.69, 9.17) is 4.74 Å². The highest BCUT2D eigenvalue weighted by atomic mass is 32.1. The molecular formula is C15H17N3O2S. The van der Waals surface area contributed by atoms with Crippen LogP contribution in [0.4, 0.5) is 5.82 Å². The van der Waals surface area contributed by atoms with Crippen LogP contribution in [0, 0.1) is 0 Å². The zero-order valence-corrected chi connectivity index (χ0v) is 12.4. The summed E-state index contributed by atoms with van der Waals surface area (Å²) in [6, 6.07) is 5.72. The summed E-state index contributed by atoms with van der Waals surface area (Å²) in [5.41, 5.74) is 1.70. The van der Waals surface area contributed by atoms with E-state index in [1.165, 1.54) is 0 Å². The highest BCUT2D eigenvalue weighted by Crippen LogP contribution is 2.13. The summed E-state index contributed by atoms with van der Waals surface area (Å²) in [5, 5.41) is 6.92. The Morgan fingerprint density at radius 2 is 2.19 bits per heavy atom. The molecule has 0 saturated carbocycles. The third-order valence-corrected chi connectivity index (χ3v) is 4.11. The largest absolute Gasteiger partial charge is 0.378 e. The van der Waals surface area contributed by atoms with Gasteiger partial charge in [-0.15, -0.1) is 0 Å². The molecule has 1 amide bonds. The van der Waals surface area contributed by atoms with Crippen LogP contribution in [-0.4, -0.2) is 37.2 Å². The first-order valence-corrected chi connectivity index (χ1v) is 7.85. The molecule has 2 aromatic heterocycles. The second-order valence-corrected chi connectivity index (χ2v) is 5.60. The van der Waals surface area contributed by atoms with Crippen molar-refractivity contribution in [1.29, 1.82) is 0 Å². The normalized spacial score (nSPS) is 15.0. The lowest BCUT2D eigenvalue weighted by Gasteiger charge is -2.27. The number of thiophene rings is 1. The number of rotatable bonds is 4. The molecule has 5 nitrogen and oxygen atoms in total.